The maximum atomic E-state index is 14.9. The van der Waals surface area contributed by atoms with Crippen molar-refractivity contribution in [2.24, 2.45) is 0 Å². The van der Waals surface area contributed by atoms with Crippen LogP contribution in [0, 0.1) is 5.82 Å². The first-order chi connectivity index (χ1) is 24.2. The molecule has 4 atom stereocenters. The van der Waals surface area contributed by atoms with Crippen molar-refractivity contribution in [3.63, 3.8) is 0 Å². The number of amides is 4. The zero-order chi connectivity index (χ0) is 37.1. The molecule has 4 unspecified atom stereocenters. The number of carboxylic acid groups (broad SMARTS) is 1. The van der Waals surface area contributed by atoms with Crippen LogP contribution in [0.3, 0.4) is 0 Å². The molecule has 3 aromatic carbocycles. The standard InChI is InChI=1S/C36H39F4N5O6/c1-3-27-21-43(29(31(47)41-2)19-23-8-11-24-6-4-5-7-25(24)18-23)16-17-44(27)34(51)35(42-33(50)36(38,39)40,20-22-9-12-26(37)13-10-22)45-28(32(48)49)14-15-30(45)46/h4-13,18,27-29H,3,14-17,19-21H2,1-2H3,(H,41,47)(H,42,50)(H,48,49). The van der Waals surface area contributed by atoms with Crippen molar-refractivity contribution in [2.75, 3.05) is 26.7 Å². The Morgan fingerprint density at radius 3 is 2.25 bits per heavy atom. The van der Waals surface area contributed by atoms with Crippen LogP contribution in [0.2, 0.25) is 0 Å². The van der Waals surface area contributed by atoms with Gasteiger partial charge in [0.05, 0.1) is 6.04 Å². The summed E-state index contributed by atoms with van der Waals surface area (Å²) in [6.45, 7) is 1.80. The molecule has 2 aliphatic rings. The highest BCUT2D eigenvalue weighted by Crippen LogP contribution is 2.34. The second-order valence-electron chi connectivity index (χ2n) is 12.8. The predicted octanol–water partition coefficient (Wildman–Crippen LogP) is 3.25. The van der Waals surface area contributed by atoms with Gasteiger partial charge in [-0.1, -0.05) is 61.5 Å². The van der Waals surface area contributed by atoms with Crippen LogP contribution in [0.1, 0.15) is 37.3 Å². The number of aliphatic carboxylic acids is 1. The first-order valence-corrected chi connectivity index (χ1v) is 16.6. The lowest BCUT2D eigenvalue weighted by atomic mass is 9.92. The second kappa shape index (κ2) is 15.1. The molecule has 0 radical (unpaired) electrons. The summed E-state index contributed by atoms with van der Waals surface area (Å²) in [6.07, 6.45) is -6.43. The highest BCUT2D eigenvalue weighted by Gasteiger charge is 2.59. The molecule has 272 valence electrons. The van der Waals surface area contributed by atoms with E-state index in [2.05, 4.69) is 5.32 Å². The molecule has 0 spiro atoms. The van der Waals surface area contributed by atoms with E-state index in [1.165, 1.54) is 24.1 Å². The largest absolute Gasteiger partial charge is 0.480 e. The summed E-state index contributed by atoms with van der Waals surface area (Å²) in [4.78, 5) is 70.3. The van der Waals surface area contributed by atoms with E-state index in [0.717, 1.165) is 28.5 Å². The van der Waals surface area contributed by atoms with E-state index in [9.17, 15) is 46.6 Å². The number of likely N-dealkylation sites (N-methyl/N-ethyl adjacent to an activating group) is 1. The van der Waals surface area contributed by atoms with Gasteiger partial charge in [0, 0.05) is 45.6 Å². The van der Waals surface area contributed by atoms with Gasteiger partial charge in [0.15, 0.2) is 0 Å². The first-order valence-electron chi connectivity index (χ1n) is 16.6. The average molecular weight is 714 g/mol. The van der Waals surface area contributed by atoms with Crippen LogP contribution in [0.15, 0.2) is 66.7 Å². The van der Waals surface area contributed by atoms with Gasteiger partial charge in [0.25, 0.3) is 5.91 Å². The van der Waals surface area contributed by atoms with Crippen LogP contribution < -0.4 is 10.6 Å². The minimum atomic E-state index is -5.51. The Bertz CT molecular complexity index is 1800. The number of carboxylic acids is 1. The van der Waals surface area contributed by atoms with Gasteiger partial charge < -0.3 is 20.6 Å². The monoisotopic (exact) mass is 713 g/mol. The molecule has 2 fully saturated rings. The fourth-order valence-electron chi connectivity index (χ4n) is 7.13. The number of nitrogens with zero attached hydrogens (tertiary/aromatic N) is 3. The molecule has 11 nitrogen and oxygen atoms in total. The molecule has 3 N–H and O–H groups in total. The number of hydrogen-bond donors (Lipinski definition) is 3. The summed E-state index contributed by atoms with van der Waals surface area (Å²) in [6, 6.07) is 14.8. The predicted molar refractivity (Wildman–Crippen MR) is 177 cm³/mol. The van der Waals surface area contributed by atoms with Gasteiger partial charge in [0.2, 0.25) is 17.5 Å². The highest BCUT2D eigenvalue weighted by molar-refractivity contribution is 5.99. The van der Waals surface area contributed by atoms with Crippen molar-refractivity contribution in [2.45, 2.75) is 69.0 Å². The summed E-state index contributed by atoms with van der Waals surface area (Å²) in [7, 11) is 1.51. The van der Waals surface area contributed by atoms with Crippen molar-refractivity contribution in [3.05, 3.63) is 83.7 Å². The number of fused-ring (bicyclic) bond motifs is 1. The van der Waals surface area contributed by atoms with Crippen molar-refractivity contribution < 1.29 is 46.6 Å². The molecule has 0 saturated carbocycles. The molecule has 0 aliphatic carbocycles. The molecule has 15 heteroatoms. The van der Waals surface area contributed by atoms with E-state index in [1.807, 2.05) is 47.4 Å². The highest BCUT2D eigenvalue weighted by atomic mass is 19.4. The Morgan fingerprint density at radius 2 is 1.63 bits per heavy atom. The number of carbonyl (C=O) groups is 5. The first kappa shape index (κ1) is 37.2. The van der Waals surface area contributed by atoms with E-state index >= 15 is 0 Å². The number of halogens is 4. The minimum Gasteiger partial charge on any atom is -0.480 e. The van der Waals surface area contributed by atoms with Crippen LogP contribution in [-0.4, -0.2) is 106 Å². The lowest BCUT2D eigenvalue weighted by Crippen LogP contribution is -2.75. The van der Waals surface area contributed by atoms with E-state index < -0.39 is 72.3 Å². The molecular formula is C36H39F4N5O6. The number of piperazine rings is 1. The molecule has 3 aromatic rings. The molecular weight excluding hydrogens is 674 g/mol. The summed E-state index contributed by atoms with van der Waals surface area (Å²) < 4.78 is 55.7. The Balaban J connectivity index is 1.53. The van der Waals surface area contributed by atoms with Crippen molar-refractivity contribution in [1.29, 1.82) is 0 Å². The summed E-state index contributed by atoms with van der Waals surface area (Å²) in [5.74, 6) is -7.16. The minimum absolute atomic E-state index is 0.0674. The van der Waals surface area contributed by atoms with Gasteiger partial charge in [-0.15, -0.1) is 0 Å². The van der Waals surface area contributed by atoms with Gasteiger partial charge in [0.1, 0.15) is 11.9 Å². The fourth-order valence-corrected chi connectivity index (χ4v) is 7.13. The summed E-state index contributed by atoms with van der Waals surface area (Å²) in [5.41, 5.74) is -1.89. The topological polar surface area (TPSA) is 139 Å². The van der Waals surface area contributed by atoms with E-state index in [1.54, 1.807) is 12.2 Å². The molecule has 0 aromatic heterocycles. The second-order valence-corrected chi connectivity index (χ2v) is 12.8. The Labute approximate surface area is 291 Å². The number of hydrogen-bond acceptors (Lipinski definition) is 6. The molecule has 51 heavy (non-hydrogen) atoms. The molecule has 0 bridgehead atoms. The zero-order valence-corrected chi connectivity index (χ0v) is 28.1. The van der Waals surface area contributed by atoms with Crippen LogP contribution >= 0.6 is 0 Å². The SMILES string of the molecule is CCC1CN(C(Cc2ccc3ccccc3c2)C(=O)NC)CCN1C(=O)C(Cc1ccc(F)cc1)(NC(=O)C(F)(F)F)N1C(=O)CCC1C(=O)O. The van der Waals surface area contributed by atoms with Crippen LogP contribution in [0.4, 0.5) is 17.6 Å². The molecule has 2 heterocycles. The van der Waals surface area contributed by atoms with E-state index in [0.29, 0.717) is 11.3 Å². The van der Waals surface area contributed by atoms with Crippen LogP contribution in [-0.2, 0) is 36.8 Å². The number of nitrogens with one attached hydrogen (secondary N) is 2. The van der Waals surface area contributed by atoms with E-state index in [-0.39, 0.29) is 43.9 Å². The third-order valence-electron chi connectivity index (χ3n) is 9.69. The van der Waals surface area contributed by atoms with Gasteiger partial charge in [-0.05, 0) is 53.3 Å². The number of benzene rings is 3. The Hall–Kier alpha value is -5.05. The lowest BCUT2D eigenvalue weighted by Gasteiger charge is -2.50. The maximum Gasteiger partial charge on any atom is 0.471 e. The average Bonchev–Trinajstić information content (AvgIpc) is 3.51. The van der Waals surface area contributed by atoms with Gasteiger partial charge in [-0.25, -0.2) is 9.18 Å². The molecule has 4 amide bonds. The van der Waals surface area contributed by atoms with Crippen LogP contribution in [0.5, 0.6) is 0 Å². The van der Waals surface area contributed by atoms with Crippen molar-refractivity contribution >= 4 is 40.4 Å². The van der Waals surface area contributed by atoms with Gasteiger partial charge in [-0.2, -0.15) is 13.2 Å². The zero-order valence-electron chi connectivity index (χ0n) is 28.1. The number of carbonyl (C=O) groups excluding carboxylic acids is 4. The Kier molecular flexibility index (Phi) is 11.0. The number of likely N-dealkylation sites (tertiary alicyclic amines) is 1. The third-order valence-corrected chi connectivity index (χ3v) is 9.69. The van der Waals surface area contributed by atoms with E-state index in [4.69, 9.17) is 0 Å². The van der Waals surface area contributed by atoms with Crippen molar-refractivity contribution in [1.82, 2.24) is 25.3 Å². The number of alkyl halides is 3. The third kappa shape index (κ3) is 7.82. The summed E-state index contributed by atoms with van der Waals surface area (Å²) in [5, 5.41) is 16.5. The normalized spacial score (nSPS) is 20.2. The van der Waals surface area contributed by atoms with Crippen molar-refractivity contribution in [3.8, 4) is 0 Å². The quantitative estimate of drug-likeness (QED) is 0.260. The van der Waals surface area contributed by atoms with Crippen LogP contribution in [0.25, 0.3) is 10.8 Å². The molecule has 5 rings (SSSR count). The van der Waals surface area contributed by atoms with Gasteiger partial charge >= 0.3 is 18.1 Å². The molecule has 2 saturated heterocycles. The fraction of sp³-hybridized carbons (Fsp3) is 0.417. The smallest absolute Gasteiger partial charge is 0.471 e. The Morgan fingerprint density at radius 1 is 0.961 bits per heavy atom. The maximum absolute atomic E-state index is 14.9. The summed E-state index contributed by atoms with van der Waals surface area (Å²) >= 11 is 0. The van der Waals surface area contributed by atoms with Gasteiger partial charge in [-0.3, -0.25) is 29.0 Å². The lowest BCUT2D eigenvalue weighted by molar-refractivity contribution is -0.184. The number of rotatable bonds is 11. The molecule has 2 aliphatic heterocycles.